The molecule has 0 saturated heterocycles. The number of nitrogens with zero attached hydrogens (tertiary/aromatic N) is 3. The third-order valence-electron chi connectivity index (χ3n) is 2.27. The smallest absolute Gasteiger partial charge is 0.0767 e. The molecule has 0 aliphatic carbocycles. The summed E-state index contributed by atoms with van der Waals surface area (Å²) in [5.74, 6) is 0.713. The van der Waals surface area contributed by atoms with Crippen LogP contribution < -0.4 is 0 Å². The normalized spacial score (nSPS) is 11.6. The molecule has 0 amide bonds. The minimum absolute atomic E-state index is 0.713. The minimum atomic E-state index is 0.713. The monoisotopic (exact) mass is 195 g/mol. The molecule has 0 atom stereocenters. The molecule has 1 aromatic rings. The second-order valence-electron chi connectivity index (χ2n) is 4.49. The summed E-state index contributed by atoms with van der Waals surface area (Å²) in [5.41, 5.74) is 2.38. The maximum absolute atomic E-state index is 4.43. The number of hydrogen-bond acceptors (Lipinski definition) is 2. The predicted octanol–water partition coefficient (Wildman–Crippen LogP) is 1.82. The van der Waals surface area contributed by atoms with Crippen molar-refractivity contribution in [2.75, 3.05) is 13.6 Å². The highest BCUT2D eigenvalue weighted by Crippen LogP contribution is 2.05. The van der Waals surface area contributed by atoms with Crippen molar-refractivity contribution in [2.45, 2.75) is 27.3 Å². The van der Waals surface area contributed by atoms with Gasteiger partial charge in [0.2, 0.25) is 0 Å². The van der Waals surface area contributed by atoms with Crippen molar-refractivity contribution in [3.8, 4) is 0 Å². The van der Waals surface area contributed by atoms with Gasteiger partial charge in [-0.05, 0) is 26.0 Å². The summed E-state index contributed by atoms with van der Waals surface area (Å²) in [7, 11) is 4.13. The molecule has 14 heavy (non-hydrogen) atoms. The summed E-state index contributed by atoms with van der Waals surface area (Å²) in [6.07, 6.45) is 0. The van der Waals surface area contributed by atoms with Gasteiger partial charge in [-0.15, -0.1) is 0 Å². The van der Waals surface area contributed by atoms with Gasteiger partial charge in [-0.3, -0.25) is 4.68 Å². The third-order valence-corrected chi connectivity index (χ3v) is 2.27. The quantitative estimate of drug-likeness (QED) is 0.730. The molecular weight excluding hydrogens is 174 g/mol. The number of aryl methyl sites for hydroxylation is 2. The topological polar surface area (TPSA) is 21.1 Å². The van der Waals surface area contributed by atoms with Crippen molar-refractivity contribution in [1.29, 1.82) is 0 Å². The van der Waals surface area contributed by atoms with E-state index in [1.54, 1.807) is 0 Å². The van der Waals surface area contributed by atoms with Gasteiger partial charge >= 0.3 is 0 Å². The predicted molar refractivity (Wildman–Crippen MR) is 59.1 cm³/mol. The average molecular weight is 195 g/mol. The number of hydrogen-bond donors (Lipinski definition) is 0. The fourth-order valence-electron chi connectivity index (χ4n) is 1.68. The Hall–Kier alpha value is -0.830. The highest BCUT2D eigenvalue weighted by Gasteiger charge is 2.06. The van der Waals surface area contributed by atoms with Crippen LogP contribution >= 0.6 is 0 Å². The molecule has 3 heteroatoms. The number of rotatable bonds is 4. The van der Waals surface area contributed by atoms with Crippen molar-refractivity contribution in [3.05, 3.63) is 17.5 Å². The van der Waals surface area contributed by atoms with Crippen LogP contribution in [0, 0.1) is 12.8 Å². The molecule has 0 bridgehead atoms. The van der Waals surface area contributed by atoms with E-state index in [0.717, 1.165) is 18.8 Å². The molecule has 0 fully saturated rings. The maximum atomic E-state index is 4.43. The summed E-state index contributed by atoms with van der Waals surface area (Å²) in [6.45, 7) is 8.62. The summed E-state index contributed by atoms with van der Waals surface area (Å²) in [5, 5.41) is 4.43. The van der Waals surface area contributed by atoms with Gasteiger partial charge in [0.25, 0.3) is 0 Å². The van der Waals surface area contributed by atoms with Crippen LogP contribution in [0.5, 0.6) is 0 Å². The van der Waals surface area contributed by atoms with E-state index in [0.29, 0.717) is 5.92 Å². The second kappa shape index (κ2) is 4.60. The summed E-state index contributed by atoms with van der Waals surface area (Å²) in [4.78, 5) is 2.31. The Morgan fingerprint density at radius 2 is 2.14 bits per heavy atom. The van der Waals surface area contributed by atoms with E-state index in [1.165, 1.54) is 5.69 Å². The Morgan fingerprint density at radius 1 is 1.50 bits per heavy atom. The SMILES string of the molecule is Cc1cc(CN(C)CC(C)C)nn1C. The Kier molecular flexibility index (Phi) is 3.69. The van der Waals surface area contributed by atoms with Crippen LogP contribution in [0.15, 0.2) is 6.07 Å². The fraction of sp³-hybridized carbons (Fsp3) is 0.727. The van der Waals surface area contributed by atoms with Gasteiger partial charge < -0.3 is 4.90 Å². The molecule has 0 aliphatic rings. The van der Waals surface area contributed by atoms with Crippen molar-refractivity contribution >= 4 is 0 Å². The first kappa shape index (κ1) is 11.2. The van der Waals surface area contributed by atoms with E-state index < -0.39 is 0 Å². The van der Waals surface area contributed by atoms with Crippen LogP contribution in [-0.4, -0.2) is 28.3 Å². The van der Waals surface area contributed by atoms with Crippen molar-refractivity contribution in [3.63, 3.8) is 0 Å². The highest BCUT2D eigenvalue weighted by molar-refractivity contribution is 5.07. The second-order valence-corrected chi connectivity index (χ2v) is 4.49. The largest absolute Gasteiger partial charge is 0.300 e. The van der Waals surface area contributed by atoms with Gasteiger partial charge in [-0.1, -0.05) is 13.8 Å². The lowest BCUT2D eigenvalue weighted by Gasteiger charge is -2.17. The molecule has 0 aliphatic heterocycles. The molecule has 80 valence electrons. The molecule has 0 spiro atoms. The van der Waals surface area contributed by atoms with Crippen LogP contribution in [0.25, 0.3) is 0 Å². The molecule has 3 nitrogen and oxygen atoms in total. The van der Waals surface area contributed by atoms with E-state index in [4.69, 9.17) is 0 Å². The Balaban J connectivity index is 2.51. The molecule has 0 radical (unpaired) electrons. The summed E-state index contributed by atoms with van der Waals surface area (Å²) < 4.78 is 1.93. The molecule has 0 saturated carbocycles. The van der Waals surface area contributed by atoms with Gasteiger partial charge in [0.05, 0.1) is 5.69 Å². The zero-order valence-corrected chi connectivity index (χ0v) is 9.91. The lowest BCUT2D eigenvalue weighted by molar-refractivity contribution is 0.284. The Morgan fingerprint density at radius 3 is 2.57 bits per heavy atom. The van der Waals surface area contributed by atoms with Crippen molar-refractivity contribution in [1.82, 2.24) is 14.7 Å². The average Bonchev–Trinajstić information content (AvgIpc) is 2.28. The lowest BCUT2D eigenvalue weighted by atomic mass is 10.2. The highest BCUT2D eigenvalue weighted by atomic mass is 15.3. The van der Waals surface area contributed by atoms with Crippen LogP contribution in [0.4, 0.5) is 0 Å². The molecule has 1 rings (SSSR count). The molecule has 0 N–H and O–H groups in total. The van der Waals surface area contributed by atoms with Gasteiger partial charge in [-0.2, -0.15) is 5.10 Å². The van der Waals surface area contributed by atoms with Crippen molar-refractivity contribution < 1.29 is 0 Å². The van der Waals surface area contributed by atoms with E-state index in [2.05, 4.69) is 43.9 Å². The van der Waals surface area contributed by atoms with Gasteiger partial charge in [-0.25, -0.2) is 0 Å². The molecule has 1 heterocycles. The molecule has 0 unspecified atom stereocenters. The van der Waals surface area contributed by atoms with Gasteiger partial charge in [0, 0.05) is 25.8 Å². The van der Waals surface area contributed by atoms with E-state index in [1.807, 2.05) is 11.7 Å². The Bertz CT molecular complexity index is 269. The van der Waals surface area contributed by atoms with Gasteiger partial charge in [0.1, 0.15) is 0 Å². The summed E-state index contributed by atoms with van der Waals surface area (Å²) >= 11 is 0. The molecule has 0 aromatic carbocycles. The van der Waals surface area contributed by atoms with Gasteiger partial charge in [0.15, 0.2) is 0 Å². The standard InChI is InChI=1S/C11H21N3/c1-9(2)7-13(4)8-11-6-10(3)14(5)12-11/h6,9H,7-8H2,1-5H3. The first-order valence-electron chi connectivity index (χ1n) is 5.17. The zero-order valence-electron chi connectivity index (χ0n) is 9.91. The van der Waals surface area contributed by atoms with Crippen LogP contribution in [0.2, 0.25) is 0 Å². The van der Waals surface area contributed by atoms with Crippen LogP contribution in [0.3, 0.4) is 0 Å². The van der Waals surface area contributed by atoms with E-state index in [9.17, 15) is 0 Å². The van der Waals surface area contributed by atoms with E-state index >= 15 is 0 Å². The summed E-state index contributed by atoms with van der Waals surface area (Å²) in [6, 6.07) is 2.15. The minimum Gasteiger partial charge on any atom is -0.300 e. The number of aromatic nitrogens is 2. The van der Waals surface area contributed by atoms with Crippen molar-refractivity contribution in [2.24, 2.45) is 13.0 Å². The molecular formula is C11H21N3. The first-order valence-corrected chi connectivity index (χ1v) is 5.17. The lowest BCUT2D eigenvalue weighted by Crippen LogP contribution is -2.22. The zero-order chi connectivity index (χ0) is 10.7. The maximum Gasteiger partial charge on any atom is 0.0767 e. The Labute approximate surface area is 86.7 Å². The third kappa shape index (κ3) is 3.14. The first-order chi connectivity index (χ1) is 6.49. The fourth-order valence-corrected chi connectivity index (χ4v) is 1.68. The van der Waals surface area contributed by atoms with Crippen LogP contribution in [-0.2, 0) is 13.6 Å². The molecule has 1 aromatic heterocycles. The van der Waals surface area contributed by atoms with E-state index in [-0.39, 0.29) is 0 Å². The van der Waals surface area contributed by atoms with Crippen LogP contribution in [0.1, 0.15) is 25.2 Å².